The lowest BCUT2D eigenvalue weighted by molar-refractivity contribution is 0.0871. The molecule has 2 fully saturated rings. The minimum Gasteiger partial charge on any atom is -0.326 e. The van der Waals surface area contributed by atoms with Gasteiger partial charge < -0.3 is 10.6 Å². The van der Waals surface area contributed by atoms with E-state index in [2.05, 4.69) is 49.3 Å². The van der Waals surface area contributed by atoms with Gasteiger partial charge >= 0.3 is 0 Å². The van der Waals surface area contributed by atoms with Crippen molar-refractivity contribution in [2.24, 2.45) is 11.7 Å². The van der Waals surface area contributed by atoms with Crippen LogP contribution < -0.4 is 5.73 Å². The lowest BCUT2D eigenvalue weighted by Gasteiger charge is -2.45. The second-order valence-corrected chi connectivity index (χ2v) is 7.35. The van der Waals surface area contributed by atoms with Crippen molar-refractivity contribution < 1.29 is 0 Å². The predicted molar refractivity (Wildman–Crippen MR) is 89.4 cm³/mol. The molecule has 21 heavy (non-hydrogen) atoms. The second-order valence-electron chi connectivity index (χ2n) is 7.35. The van der Waals surface area contributed by atoms with E-state index in [1.54, 1.807) is 0 Å². The van der Waals surface area contributed by atoms with Gasteiger partial charge in [0.15, 0.2) is 0 Å². The second kappa shape index (κ2) is 6.10. The third kappa shape index (κ3) is 2.89. The Balaban J connectivity index is 1.75. The number of benzene rings is 1. The number of rotatable bonds is 4. The van der Waals surface area contributed by atoms with Crippen molar-refractivity contribution in [1.29, 1.82) is 0 Å². The fraction of sp³-hybridized carbons (Fsp3) is 0.684. The molecule has 1 aromatic rings. The van der Waals surface area contributed by atoms with Crippen molar-refractivity contribution in [1.82, 2.24) is 4.90 Å². The first kappa shape index (κ1) is 15.1. The zero-order chi connectivity index (χ0) is 14.9. The van der Waals surface area contributed by atoms with E-state index in [0.29, 0.717) is 17.9 Å². The molecule has 2 aliphatic carbocycles. The van der Waals surface area contributed by atoms with Gasteiger partial charge in [0.1, 0.15) is 0 Å². The van der Waals surface area contributed by atoms with E-state index in [-0.39, 0.29) is 5.54 Å². The summed E-state index contributed by atoms with van der Waals surface area (Å²) in [5.74, 6) is 1.37. The van der Waals surface area contributed by atoms with Gasteiger partial charge in [-0.1, -0.05) is 56.0 Å². The predicted octanol–water partition coefficient (Wildman–Crippen LogP) is 3.77. The van der Waals surface area contributed by atoms with Crippen LogP contribution in [0.3, 0.4) is 0 Å². The van der Waals surface area contributed by atoms with Gasteiger partial charge in [-0.3, -0.25) is 0 Å². The maximum absolute atomic E-state index is 6.85. The molecule has 0 bridgehead atoms. The van der Waals surface area contributed by atoms with Crippen LogP contribution in [0.5, 0.6) is 0 Å². The Morgan fingerprint density at radius 2 is 1.67 bits per heavy atom. The van der Waals surface area contributed by atoms with Crippen molar-refractivity contribution in [3.63, 3.8) is 0 Å². The highest BCUT2D eigenvalue weighted by Gasteiger charge is 2.51. The van der Waals surface area contributed by atoms with Crippen molar-refractivity contribution in [3.05, 3.63) is 35.9 Å². The highest BCUT2D eigenvalue weighted by Crippen LogP contribution is 2.53. The average Bonchev–Trinajstić information content (AvgIpc) is 3.31. The summed E-state index contributed by atoms with van der Waals surface area (Å²) in [6.07, 6.45) is 9.28. The standard InChI is InChI=1S/C19H30N2/c1-21(2)19(12-8-3-4-9-13-19)18(20)17-14-16(17)15-10-6-5-7-11-15/h5-7,10-11,16-18H,3-4,8-9,12-14,20H2,1-2H3. The van der Waals surface area contributed by atoms with Crippen LogP contribution >= 0.6 is 0 Å². The van der Waals surface area contributed by atoms with Gasteiger partial charge in [-0.25, -0.2) is 0 Å². The van der Waals surface area contributed by atoms with Gasteiger partial charge in [0.05, 0.1) is 0 Å². The third-order valence-corrected chi connectivity index (χ3v) is 6.01. The van der Waals surface area contributed by atoms with Gasteiger partial charge in [-0.05, 0) is 50.8 Å². The molecule has 0 aromatic heterocycles. The highest BCUT2D eigenvalue weighted by atomic mass is 15.2. The van der Waals surface area contributed by atoms with Crippen molar-refractivity contribution in [3.8, 4) is 0 Å². The van der Waals surface area contributed by atoms with Gasteiger partial charge in [-0.2, -0.15) is 0 Å². The molecule has 2 N–H and O–H groups in total. The van der Waals surface area contributed by atoms with E-state index in [1.807, 2.05) is 0 Å². The molecule has 2 nitrogen and oxygen atoms in total. The molecule has 0 spiro atoms. The monoisotopic (exact) mass is 286 g/mol. The molecule has 2 heteroatoms. The van der Waals surface area contributed by atoms with E-state index in [4.69, 9.17) is 5.73 Å². The third-order valence-electron chi connectivity index (χ3n) is 6.01. The molecule has 1 aromatic carbocycles. The average molecular weight is 286 g/mol. The fourth-order valence-corrected chi connectivity index (χ4v) is 4.51. The van der Waals surface area contributed by atoms with Crippen LogP contribution in [0, 0.1) is 5.92 Å². The van der Waals surface area contributed by atoms with E-state index in [1.165, 1.54) is 50.5 Å². The number of nitrogens with two attached hydrogens (primary N) is 1. The van der Waals surface area contributed by atoms with Crippen molar-refractivity contribution in [2.75, 3.05) is 14.1 Å². The lowest BCUT2D eigenvalue weighted by atomic mass is 9.78. The Morgan fingerprint density at radius 3 is 2.24 bits per heavy atom. The van der Waals surface area contributed by atoms with Crippen LogP contribution in [0.25, 0.3) is 0 Å². The first-order chi connectivity index (χ1) is 10.1. The highest BCUT2D eigenvalue weighted by molar-refractivity contribution is 5.28. The summed E-state index contributed by atoms with van der Waals surface area (Å²) in [7, 11) is 4.48. The Labute approximate surface area is 129 Å². The molecular formula is C19H30N2. The van der Waals surface area contributed by atoms with Gasteiger partial charge in [-0.15, -0.1) is 0 Å². The Hall–Kier alpha value is -0.860. The molecule has 0 amide bonds. The van der Waals surface area contributed by atoms with Crippen LogP contribution in [-0.4, -0.2) is 30.6 Å². The molecule has 3 rings (SSSR count). The van der Waals surface area contributed by atoms with Crippen LogP contribution in [-0.2, 0) is 0 Å². The number of likely N-dealkylation sites (N-methyl/N-ethyl adjacent to an activating group) is 1. The Morgan fingerprint density at radius 1 is 1.05 bits per heavy atom. The molecule has 116 valence electrons. The lowest BCUT2D eigenvalue weighted by Crippen LogP contribution is -2.58. The van der Waals surface area contributed by atoms with Crippen LogP contribution in [0.15, 0.2) is 30.3 Å². The molecule has 0 saturated heterocycles. The molecule has 0 heterocycles. The van der Waals surface area contributed by atoms with Crippen LogP contribution in [0.1, 0.15) is 56.4 Å². The molecule has 2 aliphatic rings. The Bertz CT molecular complexity index is 446. The zero-order valence-corrected chi connectivity index (χ0v) is 13.6. The molecule has 3 unspecified atom stereocenters. The van der Waals surface area contributed by atoms with E-state index >= 15 is 0 Å². The first-order valence-corrected chi connectivity index (χ1v) is 8.63. The first-order valence-electron chi connectivity index (χ1n) is 8.63. The quantitative estimate of drug-likeness (QED) is 0.854. The van der Waals surface area contributed by atoms with E-state index in [9.17, 15) is 0 Å². The number of nitrogens with zero attached hydrogens (tertiary/aromatic N) is 1. The maximum atomic E-state index is 6.85. The topological polar surface area (TPSA) is 29.3 Å². The Kier molecular flexibility index (Phi) is 4.37. The molecule has 0 radical (unpaired) electrons. The van der Waals surface area contributed by atoms with Crippen LogP contribution in [0.4, 0.5) is 0 Å². The van der Waals surface area contributed by atoms with Gasteiger partial charge in [0.25, 0.3) is 0 Å². The zero-order valence-electron chi connectivity index (χ0n) is 13.6. The largest absolute Gasteiger partial charge is 0.326 e. The number of hydrogen-bond donors (Lipinski definition) is 1. The summed E-state index contributed by atoms with van der Waals surface area (Å²) < 4.78 is 0. The van der Waals surface area contributed by atoms with Gasteiger partial charge in [0.2, 0.25) is 0 Å². The SMILES string of the molecule is CN(C)C1(C(N)C2CC2c2ccccc2)CCCCCC1. The van der Waals surface area contributed by atoms with E-state index in [0.717, 1.165) is 0 Å². The molecule has 0 aliphatic heterocycles. The summed E-state index contributed by atoms with van der Waals surface area (Å²) in [5, 5.41) is 0. The maximum Gasteiger partial charge on any atom is 0.0357 e. The minimum atomic E-state index is 0.227. The smallest absolute Gasteiger partial charge is 0.0357 e. The van der Waals surface area contributed by atoms with Crippen molar-refractivity contribution in [2.45, 2.75) is 62.4 Å². The molecular weight excluding hydrogens is 256 g/mol. The summed E-state index contributed by atoms with van der Waals surface area (Å²) in [6, 6.07) is 11.3. The number of hydrogen-bond acceptors (Lipinski definition) is 2. The molecule has 3 atom stereocenters. The van der Waals surface area contributed by atoms with Gasteiger partial charge in [0, 0.05) is 11.6 Å². The minimum absolute atomic E-state index is 0.227. The fourth-order valence-electron chi connectivity index (χ4n) is 4.51. The summed E-state index contributed by atoms with van der Waals surface area (Å²) in [4.78, 5) is 2.45. The summed E-state index contributed by atoms with van der Waals surface area (Å²) in [5.41, 5.74) is 8.56. The summed E-state index contributed by atoms with van der Waals surface area (Å²) >= 11 is 0. The normalized spacial score (nSPS) is 29.9. The van der Waals surface area contributed by atoms with Crippen molar-refractivity contribution >= 4 is 0 Å². The summed E-state index contributed by atoms with van der Waals surface area (Å²) in [6.45, 7) is 0. The van der Waals surface area contributed by atoms with E-state index < -0.39 is 0 Å². The van der Waals surface area contributed by atoms with Crippen LogP contribution in [0.2, 0.25) is 0 Å². The molecule has 2 saturated carbocycles.